The Kier molecular flexibility index (Phi) is 5.66. The minimum atomic E-state index is -0.925. The molecule has 1 heterocycles. The zero-order valence-corrected chi connectivity index (χ0v) is 10.8. The third-order valence-electron chi connectivity index (χ3n) is 2.68. The number of hydrogen-bond acceptors (Lipinski definition) is 5. The minimum Gasteiger partial charge on any atom is -0.370 e. The number of amides is 3. The van der Waals surface area contributed by atoms with Crippen LogP contribution in [0.5, 0.6) is 0 Å². The van der Waals surface area contributed by atoms with Crippen LogP contribution in [0.4, 0.5) is 0 Å². The molecule has 0 saturated carbocycles. The minimum absolute atomic E-state index is 0.00360. The summed E-state index contributed by atoms with van der Waals surface area (Å²) < 4.78 is 0. The third kappa shape index (κ3) is 5.06. The van der Waals surface area contributed by atoms with E-state index in [2.05, 4.69) is 15.3 Å². The molecular weight excluding hydrogens is 264 g/mol. The van der Waals surface area contributed by atoms with Crippen LogP contribution < -0.4 is 22.5 Å². The molecule has 0 fully saturated rings. The monoisotopic (exact) mass is 282 g/mol. The lowest BCUT2D eigenvalue weighted by Gasteiger charge is -2.17. The molecule has 110 valence electrons. The Morgan fingerprint density at radius 1 is 1.35 bits per heavy atom. The summed E-state index contributed by atoms with van der Waals surface area (Å²) in [4.78, 5) is 40.3. The van der Waals surface area contributed by atoms with E-state index in [1.807, 2.05) is 0 Å². The number of nitrogens with two attached hydrogens (primary N) is 3. The normalized spacial score (nSPS) is 13.4. The molecule has 0 radical (unpaired) electrons. The molecule has 9 heteroatoms. The van der Waals surface area contributed by atoms with Gasteiger partial charge in [-0.1, -0.05) is 0 Å². The van der Waals surface area contributed by atoms with Gasteiger partial charge in [-0.3, -0.25) is 14.4 Å². The van der Waals surface area contributed by atoms with Crippen molar-refractivity contribution >= 4 is 17.7 Å². The Labute approximate surface area is 115 Å². The average molecular weight is 282 g/mol. The molecule has 8 N–H and O–H groups in total. The highest BCUT2D eigenvalue weighted by Crippen LogP contribution is 2.00. The number of hydrogen-bond donors (Lipinski definition) is 5. The fourth-order valence-electron chi connectivity index (χ4n) is 1.55. The lowest BCUT2D eigenvalue weighted by molar-refractivity contribution is -0.128. The van der Waals surface area contributed by atoms with Gasteiger partial charge in [-0.25, -0.2) is 4.98 Å². The second kappa shape index (κ2) is 7.24. The predicted octanol–water partition coefficient (Wildman–Crippen LogP) is -2.48. The van der Waals surface area contributed by atoms with Gasteiger partial charge in [0.1, 0.15) is 6.04 Å². The molecule has 20 heavy (non-hydrogen) atoms. The van der Waals surface area contributed by atoms with E-state index in [-0.39, 0.29) is 19.3 Å². The quantitative estimate of drug-likeness (QED) is 0.354. The van der Waals surface area contributed by atoms with Crippen molar-refractivity contribution in [3.05, 3.63) is 18.2 Å². The number of nitrogens with zero attached hydrogens (tertiary/aromatic N) is 1. The maximum Gasteiger partial charge on any atom is 0.240 e. The van der Waals surface area contributed by atoms with E-state index in [0.717, 1.165) is 0 Å². The number of aromatic nitrogens is 2. The highest BCUT2D eigenvalue weighted by atomic mass is 16.2. The van der Waals surface area contributed by atoms with Gasteiger partial charge in [0.15, 0.2) is 0 Å². The highest BCUT2D eigenvalue weighted by Gasteiger charge is 2.22. The molecule has 0 aromatic carbocycles. The summed E-state index contributed by atoms with van der Waals surface area (Å²) >= 11 is 0. The maximum absolute atomic E-state index is 11.8. The van der Waals surface area contributed by atoms with Crippen LogP contribution in [0.2, 0.25) is 0 Å². The number of carbonyl (C=O) groups is 3. The number of aromatic amines is 1. The summed E-state index contributed by atoms with van der Waals surface area (Å²) in [7, 11) is 0. The molecule has 0 saturated heterocycles. The van der Waals surface area contributed by atoms with E-state index in [9.17, 15) is 14.4 Å². The summed E-state index contributed by atoms with van der Waals surface area (Å²) in [5.74, 6) is -1.79. The summed E-state index contributed by atoms with van der Waals surface area (Å²) in [6.07, 6.45) is 3.26. The van der Waals surface area contributed by atoms with Gasteiger partial charge >= 0.3 is 0 Å². The third-order valence-corrected chi connectivity index (χ3v) is 2.68. The van der Waals surface area contributed by atoms with E-state index in [4.69, 9.17) is 17.2 Å². The van der Waals surface area contributed by atoms with Gasteiger partial charge in [0.05, 0.1) is 12.4 Å². The predicted molar refractivity (Wildman–Crippen MR) is 69.8 cm³/mol. The zero-order valence-electron chi connectivity index (χ0n) is 10.8. The first-order chi connectivity index (χ1) is 9.40. The number of rotatable bonds is 8. The lowest BCUT2D eigenvalue weighted by atomic mass is 10.1. The molecule has 1 rings (SSSR count). The van der Waals surface area contributed by atoms with Crippen molar-refractivity contribution in [3.63, 3.8) is 0 Å². The standard InChI is InChI=1S/C11H18N6O3/c12-7(1-2-9(13)18)11(20)17-8(10(14)19)3-6-4-15-5-16-6/h4-5,7-8H,1-3,12H2,(H2,13,18)(H2,14,19)(H,15,16)(H,17,20). The van der Waals surface area contributed by atoms with E-state index < -0.39 is 29.8 Å². The largest absolute Gasteiger partial charge is 0.370 e. The molecule has 2 unspecified atom stereocenters. The molecule has 9 nitrogen and oxygen atoms in total. The second-order valence-corrected chi connectivity index (χ2v) is 4.36. The first-order valence-electron chi connectivity index (χ1n) is 6.01. The highest BCUT2D eigenvalue weighted by molar-refractivity contribution is 5.89. The first kappa shape index (κ1) is 15.6. The van der Waals surface area contributed by atoms with E-state index >= 15 is 0 Å². The van der Waals surface area contributed by atoms with E-state index in [0.29, 0.717) is 5.69 Å². The summed E-state index contributed by atoms with van der Waals surface area (Å²) in [6.45, 7) is 0. The molecule has 0 aliphatic carbocycles. The fraction of sp³-hybridized carbons (Fsp3) is 0.455. The molecule has 3 amide bonds. The average Bonchev–Trinajstić information content (AvgIpc) is 2.87. The summed E-state index contributed by atoms with van der Waals surface area (Å²) in [6, 6.07) is -1.83. The van der Waals surface area contributed by atoms with Crippen LogP contribution in [0, 0.1) is 0 Å². The van der Waals surface area contributed by atoms with E-state index in [1.165, 1.54) is 12.5 Å². The smallest absolute Gasteiger partial charge is 0.240 e. The number of nitrogens with one attached hydrogen (secondary N) is 2. The van der Waals surface area contributed by atoms with Crippen LogP contribution in [0.1, 0.15) is 18.5 Å². The number of H-pyrrole nitrogens is 1. The lowest BCUT2D eigenvalue weighted by Crippen LogP contribution is -2.51. The van der Waals surface area contributed by atoms with Gasteiger partial charge in [0.2, 0.25) is 17.7 Å². The van der Waals surface area contributed by atoms with Gasteiger partial charge in [0, 0.05) is 24.7 Å². The molecule has 0 aliphatic rings. The van der Waals surface area contributed by atoms with Crippen molar-refractivity contribution in [1.82, 2.24) is 15.3 Å². The molecule has 0 aliphatic heterocycles. The topological polar surface area (TPSA) is 170 Å². The van der Waals surface area contributed by atoms with Crippen molar-refractivity contribution in [3.8, 4) is 0 Å². The van der Waals surface area contributed by atoms with Crippen LogP contribution in [0.15, 0.2) is 12.5 Å². The zero-order chi connectivity index (χ0) is 15.1. The van der Waals surface area contributed by atoms with Crippen molar-refractivity contribution < 1.29 is 14.4 Å². The number of imidazole rings is 1. The molecule has 1 aromatic heterocycles. The van der Waals surface area contributed by atoms with Crippen molar-refractivity contribution in [2.75, 3.05) is 0 Å². The van der Waals surface area contributed by atoms with Crippen molar-refractivity contribution in [2.45, 2.75) is 31.3 Å². The Bertz CT molecular complexity index is 473. The molecule has 0 bridgehead atoms. The van der Waals surface area contributed by atoms with Gasteiger partial charge in [0.25, 0.3) is 0 Å². The number of carbonyl (C=O) groups excluding carboxylic acids is 3. The van der Waals surface area contributed by atoms with Crippen LogP contribution in [-0.2, 0) is 20.8 Å². The van der Waals surface area contributed by atoms with Gasteiger partial charge in [-0.15, -0.1) is 0 Å². The Morgan fingerprint density at radius 3 is 2.55 bits per heavy atom. The Balaban J connectivity index is 2.54. The Morgan fingerprint density at radius 2 is 2.05 bits per heavy atom. The maximum atomic E-state index is 11.8. The van der Waals surface area contributed by atoms with Gasteiger partial charge in [-0.2, -0.15) is 0 Å². The molecule has 1 aromatic rings. The molecule has 0 spiro atoms. The van der Waals surface area contributed by atoms with Crippen LogP contribution >= 0.6 is 0 Å². The molecular formula is C11H18N6O3. The Hall–Kier alpha value is -2.42. The van der Waals surface area contributed by atoms with E-state index in [1.54, 1.807) is 0 Å². The number of primary amides is 2. The van der Waals surface area contributed by atoms with Gasteiger partial charge < -0.3 is 27.5 Å². The summed E-state index contributed by atoms with van der Waals surface area (Å²) in [5, 5.41) is 2.44. The first-order valence-corrected chi connectivity index (χ1v) is 6.01. The van der Waals surface area contributed by atoms with Crippen LogP contribution in [0.3, 0.4) is 0 Å². The SMILES string of the molecule is NC(=O)CCC(N)C(=O)NC(Cc1cnc[nH]1)C(N)=O. The molecule has 2 atom stereocenters. The van der Waals surface area contributed by atoms with Crippen LogP contribution in [-0.4, -0.2) is 39.8 Å². The second-order valence-electron chi connectivity index (χ2n) is 4.36. The van der Waals surface area contributed by atoms with Crippen molar-refractivity contribution in [2.24, 2.45) is 17.2 Å². The van der Waals surface area contributed by atoms with Gasteiger partial charge in [-0.05, 0) is 6.42 Å². The van der Waals surface area contributed by atoms with Crippen LogP contribution in [0.25, 0.3) is 0 Å². The summed E-state index contributed by atoms with van der Waals surface area (Å²) in [5.41, 5.74) is 16.4. The van der Waals surface area contributed by atoms with Crippen molar-refractivity contribution in [1.29, 1.82) is 0 Å². The fourth-order valence-corrected chi connectivity index (χ4v) is 1.55.